The van der Waals surface area contributed by atoms with E-state index >= 15 is 0 Å². The number of thioether (sulfide) groups is 1. The van der Waals surface area contributed by atoms with Crippen molar-refractivity contribution in [3.63, 3.8) is 0 Å². The maximum absolute atomic E-state index is 11.9. The second kappa shape index (κ2) is 6.31. The first-order valence-corrected chi connectivity index (χ1v) is 6.71. The van der Waals surface area contributed by atoms with Crippen molar-refractivity contribution in [2.24, 2.45) is 0 Å². The molecule has 0 aliphatic carbocycles. The molecule has 0 saturated carbocycles. The third-order valence-corrected chi connectivity index (χ3v) is 3.54. The van der Waals surface area contributed by atoms with Crippen molar-refractivity contribution in [3.8, 4) is 5.75 Å². The molecular weight excluding hydrogens is 246 g/mol. The quantitative estimate of drug-likeness (QED) is 0.775. The summed E-state index contributed by atoms with van der Waals surface area (Å²) < 4.78 is 6.69. The first-order valence-electron chi connectivity index (χ1n) is 5.72. The highest BCUT2D eigenvalue weighted by Gasteiger charge is 2.02. The van der Waals surface area contributed by atoms with Gasteiger partial charge < -0.3 is 9.30 Å². The highest BCUT2D eigenvalue weighted by molar-refractivity contribution is 7.99. The monoisotopic (exact) mass is 261 g/mol. The molecule has 0 N–H and O–H groups in total. The number of ether oxygens (including phenoxy) is 1. The minimum absolute atomic E-state index is 0.0753. The summed E-state index contributed by atoms with van der Waals surface area (Å²) >= 11 is 1.74. The number of methoxy groups -OCH3 is 1. The molecule has 0 saturated heterocycles. The number of aromatic nitrogens is 1. The fourth-order valence-corrected chi connectivity index (χ4v) is 2.50. The molecule has 0 aliphatic heterocycles. The van der Waals surface area contributed by atoms with Crippen molar-refractivity contribution in [1.29, 1.82) is 0 Å². The molecule has 2 aromatic rings. The topological polar surface area (TPSA) is 31.2 Å². The Morgan fingerprint density at radius 1 is 1.17 bits per heavy atom. The number of pyridine rings is 1. The van der Waals surface area contributed by atoms with Crippen LogP contribution in [0.2, 0.25) is 0 Å². The Labute approximate surface area is 110 Å². The van der Waals surface area contributed by atoms with Gasteiger partial charge in [0.05, 0.1) is 7.11 Å². The first-order chi connectivity index (χ1) is 8.81. The van der Waals surface area contributed by atoms with Crippen LogP contribution in [-0.2, 0) is 6.54 Å². The second-order valence-corrected chi connectivity index (χ2v) is 4.90. The normalized spacial score (nSPS) is 10.3. The average molecular weight is 261 g/mol. The minimum Gasteiger partial charge on any atom is -0.491 e. The largest absolute Gasteiger partial charge is 0.491 e. The van der Waals surface area contributed by atoms with Crippen molar-refractivity contribution in [2.75, 3.05) is 12.9 Å². The summed E-state index contributed by atoms with van der Waals surface area (Å²) in [6, 6.07) is 13.7. The van der Waals surface area contributed by atoms with E-state index in [1.54, 1.807) is 28.6 Å². The molecule has 0 bridgehead atoms. The highest BCUT2D eigenvalue weighted by atomic mass is 32.2. The van der Waals surface area contributed by atoms with E-state index < -0.39 is 0 Å². The molecule has 1 heterocycles. The van der Waals surface area contributed by atoms with E-state index in [0.29, 0.717) is 12.3 Å². The summed E-state index contributed by atoms with van der Waals surface area (Å²) in [5.41, 5.74) is -0.0753. The number of nitrogens with zero attached hydrogens (tertiary/aromatic N) is 1. The molecular formula is C14H15NO2S. The third kappa shape index (κ3) is 3.17. The minimum atomic E-state index is -0.0753. The van der Waals surface area contributed by atoms with Gasteiger partial charge in [-0.05, 0) is 24.3 Å². The summed E-state index contributed by atoms with van der Waals surface area (Å²) in [5, 5.41) is 0. The van der Waals surface area contributed by atoms with Crippen LogP contribution in [0.1, 0.15) is 0 Å². The molecule has 0 radical (unpaired) electrons. The van der Waals surface area contributed by atoms with Gasteiger partial charge in [0.1, 0.15) is 0 Å². The summed E-state index contributed by atoms with van der Waals surface area (Å²) in [5.74, 6) is 1.25. The van der Waals surface area contributed by atoms with Crippen molar-refractivity contribution >= 4 is 11.8 Å². The first kappa shape index (κ1) is 12.8. The van der Waals surface area contributed by atoms with E-state index in [1.807, 2.05) is 24.3 Å². The molecule has 3 nitrogen and oxygen atoms in total. The van der Waals surface area contributed by atoms with E-state index in [1.165, 1.54) is 12.0 Å². The fourth-order valence-electron chi connectivity index (χ4n) is 1.62. The number of hydrogen-bond donors (Lipinski definition) is 0. The van der Waals surface area contributed by atoms with E-state index in [4.69, 9.17) is 4.74 Å². The Balaban J connectivity index is 1.97. The summed E-state index contributed by atoms with van der Waals surface area (Å²) in [6.07, 6.45) is 1.79. The van der Waals surface area contributed by atoms with Crippen LogP contribution in [0.15, 0.2) is 58.4 Å². The van der Waals surface area contributed by atoms with Crippen molar-refractivity contribution < 1.29 is 4.74 Å². The van der Waals surface area contributed by atoms with E-state index in [2.05, 4.69) is 12.1 Å². The molecule has 0 amide bonds. The van der Waals surface area contributed by atoms with E-state index in [-0.39, 0.29) is 5.56 Å². The van der Waals surface area contributed by atoms with Gasteiger partial charge in [0.15, 0.2) is 5.75 Å². The molecule has 0 spiro atoms. The standard InChI is InChI=1S/C14H15NO2S/c1-17-13-8-5-9-15(14(13)16)10-11-18-12-6-3-2-4-7-12/h2-9H,10-11H2,1H3. The zero-order valence-electron chi connectivity index (χ0n) is 10.2. The number of hydrogen-bond acceptors (Lipinski definition) is 3. The molecule has 0 unspecified atom stereocenters. The number of rotatable bonds is 5. The van der Waals surface area contributed by atoms with Gasteiger partial charge in [-0.25, -0.2) is 0 Å². The van der Waals surface area contributed by atoms with Gasteiger partial charge in [-0.3, -0.25) is 4.79 Å². The lowest BCUT2D eigenvalue weighted by Gasteiger charge is -2.07. The number of aryl methyl sites for hydroxylation is 1. The van der Waals surface area contributed by atoms with Gasteiger partial charge in [0.25, 0.3) is 5.56 Å². The van der Waals surface area contributed by atoms with E-state index in [9.17, 15) is 4.79 Å². The van der Waals surface area contributed by atoms with Crippen molar-refractivity contribution in [1.82, 2.24) is 4.57 Å². The molecule has 4 heteroatoms. The molecule has 1 aromatic carbocycles. The second-order valence-electron chi connectivity index (χ2n) is 3.74. The van der Waals surface area contributed by atoms with Crippen LogP contribution in [0.3, 0.4) is 0 Å². The highest BCUT2D eigenvalue weighted by Crippen LogP contribution is 2.16. The molecule has 1 aromatic heterocycles. The van der Waals surface area contributed by atoms with Gasteiger partial charge in [-0.2, -0.15) is 0 Å². The number of benzene rings is 1. The maximum atomic E-state index is 11.9. The maximum Gasteiger partial charge on any atom is 0.292 e. The van der Waals surface area contributed by atoms with Crippen LogP contribution in [0.25, 0.3) is 0 Å². The smallest absolute Gasteiger partial charge is 0.292 e. The van der Waals surface area contributed by atoms with Crippen LogP contribution < -0.4 is 10.3 Å². The van der Waals surface area contributed by atoms with Crippen LogP contribution in [-0.4, -0.2) is 17.4 Å². The van der Waals surface area contributed by atoms with Gasteiger partial charge >= 0.3 is 0 Å². The third-order valence-electron chi connectivity index (χ3n) is 2.55. The summed E-state index contributed by atoms with van der Waals surface area (Å²) in [7, 11) is 1.51. The van der Waals surface area contributed by atoms with Gasteiger partial charge in [-0.1, -0.05) is 18.2 Å². The lowest BCUT2D eigenvalue weighted by Crippen LogP contribution is -2.21. The van der Waals surface area contributed by atoms with Crippen LogP contribution in [0, 0.1) is 0 Å². The Hall–Kier alpha value is -1.68. The molecule has 0 atom stereocenters. The lowest BCUT2D eigenvalue weighted by molar-refractivity contribution is 0.403. The van der Waals surface area contributed by atoms with Crippen LogP contribution in [0.5, 0.6) is 5.75 Å². The molecule has 94 valence electrons. The van der Waals surface area contributed by atoms with Crippen molar-refractivity contribution in [3.05, 3.63) is 59.0 Å². The average Bonchev–Trinajstić information content (AvgIpc) is 2.42. The van der Waals surface area contributed by atoms with Gasteiger partial charge in [0.2, 0.25) is 0 Å². The van der Waals surface area contributed by atoms with E-state index in [0.717, 1.165) is 5.75 Å². The zero-order chi connectivity index (χ0) is 12.8. The molecule has 0 aliphatic rings. The zero-order valence-corrected chi connectivity index (χ0v) is 11.0. The molecule has 2 rings (SSSR count). The fraction of sp³-hybridized carbons (Fsp3) is 0.214. The van der Waals surface area contributed by atoms with Gasteiger partial charge in [-0.15, -0.1) is 11.8 Å². The molecule has 0 fully saturated rings. The Kier molecular flexibility index (Phi) is 4.47. The summed E-state index contributed by atoms with van der Waals surface area (Å²) in [4.78, 5) is 13.1. The summed E-state index contributed by atoms with van der Waals surface area (Å²) in [6.45, 7) is 0.676. The van der Waals surface area contributed by atoms with Crippen LogP contribution >= 0.6 is 11.8 Å². The van der Waals surface area contributed by atoms with Gasteiger partial charge in [0, 0.05) is 23.4 Å². The predicted octanol–water partition coefficient (Wildman–Crippen LogP) is 2.65. The molecule has 18 heavy (non-hydrogen) atoms. The lowest BCUT2D eigenvalue weighted by atomic mass is 10.4. The SMILES string of the molecule is COc1cccn(CCSc2ccccc2)c1=O. The van der Waals surface area contributed by atoms with Crippen molar-refractivity contribution in [2.45, 2.75) is 11.4 Å². The Morgan fingerprint density at radius 3 is 2.67 bits per heavy atom. The Bertz CT molecular complexity index is 551. The van der Waals surface area contributed by atoms with Crippen LogP contribution in [0.4, 0.5) is 0 Å². The Morgan fingerprint density at radius 2 is 1.94 bits per heavy atom. The predicted molar refractivity (Wildman–Crippen MR) is 74.4 cm³/mol.